The Morgan fingerprint density at radius 3 is 2.48 bits per heavy atom. The maximum Gasteiger partial charge on any atom is 0.248 e. The van der Waals surface area contributed by atoms with Gasteiger partial charge in [0.25, 0.3) is 0 Å². The van der Waals surface area contributed by atoms with Gasteiger partial charge in [-0.2, -0.15) is 0 Å². The van der Waals surface area contributed by atoms with Gasteiger partial charge in [0.2, 0.25) is 5.91 Å². The van der Waals surface area contributed by atoms with E-state index in [-0.39, 0.29) is 5.91 Å². The standard InChI is InChI=1S/C22H17BrClNO2/c23-18-2-1-3-20(14-18)25-22(26)13-8-16-6-11-21(12-7-16)27-15-17-4-9-19(24)10-5-17/h1-14H,15H2,(H,25,26)/b13-8+. The van der Waals surface area contributed by atoms with Gasteiger partial charge in [0.15, 0.2) is 0 Å². The van der Waals surface area contributed by atoms with Crippen LogP contribution in [0, 0.1) is 0 Å². The molecule has 0 bridgehead atoms. The minimum atomic E-state index is -0.184. The molecular formula is C22H17BrClNO2. The lowest BCUT2D eigenvalue weighted by molar-refractivity contribution is -0.111. The van der Waals surface area contributed by atoms with Crippen molar-refractivity contribution in [3.05, 3.63) is 99.5 Å². The van der Waals surface area contributed by atoms with Crippen LogP contribution in [-0.4, -0.2) is 5.91 Å². The Morgan fingerprint density at radius 1 is 1.04 bits per heavy atom. The first-order valence-electron chi connectivity index (χ1n) is 8.30. The highest BCUT2D eigenvalue weighted by molar-refractivity contribution is 9.10. The van der Waals surface area contributed by atoms with Crippen molar-refractivity contribution in [3.63, 3.8) is 0 Å². The zero-order chi connectivity index (χ0) is 19.1. The number of carbonyl (C=O) groups is 1. The number of carbonyl (C=O) groups excluding carboxylic acids is 1. The number of halogens is 2. The summed E-state index contributed by atoms with van der Waals surface area (Å²) in [6, 6.07) is 22.6. The molecule has 0 radical (unpaired) electrons. The third-order valence-electron chi connectivity index (χ3n) is 3.72. The lowest BCUT2D eigenvalue weighted by atomic mass is 10.2. The van der Waals surface area contributed by atoms with Crippen molar-refractivity contribution in [1.82, 2.24) is 0 Å². The van der Waals surface area contributed by atoms with Crippen molar-refractivity contribution >= 4 is 45.2 Å². The van der Waals surface area contributed by atoms with Crippen LogP contribution in [0.1, 0.15) is 11.1 Å². The summed E-state index contributed by atoms with van der Waals surface area (Å²) in [6.07, 6.45) is 3.26. The molecule has 1 N–H and O–H groups in total. The molecule has 0 atom stereocenters. The third-order valence-corrected chi connectivity index (χ3v) is 4.46. The highest BCUT2D eigenvalue weighted by atomic mass is 79.9. The smallest absolute Gasteiger partial charge is 0.248 e. The van der Waals surface area contributed by atoms with Gasteiger partial charge in [0.1, 0.15) is 12.4 Å². The molecule has 0 aliphatic carbocycles. The summed E-state index contributed by atoms with van der Waals surface area (Å²) in [4.78, 5) is 12.0. The van der Waals surface area contributed by atoms with Crippen molar-refractivity contribution in [1.29, 1.82) is 0 Å². The first-order chi connectivity index (χ1) is 13.1. The van der Waals surface area contributed by atoms with Crippen molar-refractivity contribution in [3.8, 4) is 5.75 Å². The van der Waals surface area contributed by atoms with Crippen molar-refractivity contribution in [2.75, 3.05) is 5.32 Å². The molecule has 0 fully saturated rings. The molecule has 3 aromatic rings. The number of ether oxygens (including phenoxy) is 1. The average Bonchev–Trinajstić information content (AvgIpc) is 2.67. The monoisotopic (exact) mass is 441 g/mol. The Bertz CT molecular complexity index is 937. The summed E-state index contributed by atoms with van der Waals surface area (Å²) in [7, 11) is 0. The molecule has 0 aliphatic rings. The second-order valence-electron chi connectivity index (χ2n) is 5.82. The average molecular weight is 443 g/mol. The number of hydrogen-bond acceptors (Lipinski definition) is 2. The van der Waals surface area contributed by atoms with Crippen molar-refractivity contribution in [2.24, 2.45) is 0 Å². The predicted molar refractivity (Wildman–Crippen MR) is 114 cm³/mol. The van der Waals surface area contributed by atoms with Crippen LogP contribution in [0.15, 0.2) is 83.3 Å². The summed E-state index contributed by atoms with van der Waals surface area (Å²) in [5, 5.41) is 3.52. The molecule has 0 aromatic heterocycles. The van der Waals surface area contributed by atoms with Gasteiger partial charge in [-0.25, -0.2) is 0 Å². The van der Waals surface area contributed by atoms with Crippen molar-refractivity contribution in [2.45, 2.75) is 6.61 Å². The summed E-state index contributed by atoms with van der Waals surface area (Å²) in [6.45, 7) is 0.474. The second kappa shape index (κ2) is 9.40. The summed E-state index contributed by atoms with van der Waals surface area (Å²) >= 11 is 9.25. The number of benzene rings is 3. The van der Waals surface area contributed by atoms with E-state index in [4.69, 9.17) is 16.3 Å². The highest BCUT2D eigenvalue weighted by Gasteiger charge is 2.00. The Balaban J connectivity index is 1.52. The topological polar surface area (TPSA) is 38.3 Å². The molecule has 27 heavy (non-hydrogen) atoms. The van der Waals surface area contributed by atoms with Crippen LogP contribution in [0.4, 0.5) is 5.69 Å². The molecule has 0 saturated heterocycles. The Labute approximate surface area is 171 Å². The quantitative estimate of drug-likeness (QED) is 0.453. The van der Waals surface area contributed by atoms with Crippen LogP contribution in [-0.2, 0) is 11.4 Å². The maximum absolute atomic E-state index is 12.0. The lowest BCUT2D eigenvalue weighted by Gasteiger charge is -2.06. The van der Waals surface area contributed by atoms with E-state index in [1.807, 2.05) is 72.8 Å². The van der Waals surface area contributed by atoms with Gasteiger partial charge in [-0.15, -0.1) is 0 Å². The fraction of sp³-hybridized carbons (Fsp3) is 0.0455. The van der Waals surface area contributed by atoms with E-state index in [1.165, 1.54) is 6.08 Å². The molecule has 0 spiro atoms. The molecule has 0 aliphatic heterocycles. The van der Waals surface area contributed by atoms with Gasteiger partial charge in [-0.1, -0.05) is 57.9 Å². The highest BCUT2D eigenvalue weighted by Crippen LogP contribution is 2.17. The van der Waals surface area contributed by atoms with Crippen LogP contribution in [0.2, 0.25) is 5.02 Å². The number of amides is 1. The van der Waals surface area contributed by atoms with Crippen LogP contribution in [0.5, 0.6) is 5.75 Å². The predicted octanol–water partition coefficient (Wildman–Crippen LogP) is 6.33. The molecule has 1 amide bonds. The summed E-state index contributed by atoms with van der Waals surface area (Å²) in [5.41, 5.74) is 2.70. The van der Waals surface area contributed by atoms with E-state index >= 15 is 0 Å². The number of rotatable bonds is 6. The molecule has 3 aromatic carbocycles. The van der Waals surface area contributed by atoms with E-state index in [9.17, 15) is 4.79 Å². The molecule has 3 nitrogen and oxygen atoms in total. The molecule has 0 heterocycles. The van der Waals surface area contributed by atoms with Crippen LogP contribution in [0.25, 0.3) is 6.08 Å². The third kappa shape index (κ3) is 6.27. The number of anilines is 1. The zero-order valence-electron chi connectivity index (χ0n) is 14.4. The van der Waals surface area contributed by atoms with Crippen molar-refractivity contribution < 1.29 is 9.53 Å². The maximum atomic E-state index is 12.0. The first kappa shape index (κ1) is 19.2. The van der Waals surface area contributed by atoms with Gasteiger partial charge in [-0.3, -0.25) is 4.79 Å². The van der Waals surface area contributed by atoms with E-state index in [1.54, 1.807) is 6.08 Å². The Hall–Kier alpha value is -2.56. The van der Waals surface area contributed by atoms with Gasteiger partial charge in [0.05, 0.1) is 0 Å². The van der Waals surface area contributed by atoms with E-state index in [2.05, 4.69) is 21.2 Å². The van der Waals surface area contributed by atoms with Gasteiger partial charge in [-0.05, 0) is 59.7 Å². The van der Waals surface area contributed by atoms with Crippen LogP contribution in [0.3, 0.4) is 0 Å². The van der Waals surface area contributed by atoms with Crippen LogP contribution < -0.4 is 10.1 Å². The minimum absolute atomic E-state index is 0.184. The lowest BCUT2D eigenvalue weighted by Crippen LogP contribution is -2.07. The van der Waals surface area contributed by atoms with E-state index in [0.29, 0.717) is 11.6 Å². The fourth-order valence-electron chi connectivity index (χ4n) is 2.34. The minimum Gasteiger partial charge on any atom is -0.489 e. The summed E-state index contributed by atoms with van der Waals surface area (Å²) in [5.74, 6) is 0.580. The van der Waals surface area contributed by atoms with Gasteiger partial charge in [0, 0.05) is 21.3 Å². The molecule has 136 valence electrons. The van der Waals surface area contributed by atoms with E-state index < -0.39 is 0 Å². The first-order valence-corrected chi connectivity index (χ1v) is 9.47. The largest absolute Gasteiger partial charge is 0.489 e. The zero-order valence-corrected chi connectivity index (χ0v) is 16.7. The summed E-state index contributed by atoms with van der Waals surface area (Å²) < 4.78 is 6.67. The molecule has 5 heteroatoms. The number of nitrogens with one attached hydrogen (secondary N) is 1. The Kier molecular flexibility index (Phi) is 6.69. The molecule has 3 rings (SSSR count). The van der Waals surface area contributed by atoms with Gasteiger partial charge >= 0.3 is 0 Å². The molecule has 0 saturated carbocycles. The number of hydrogen-bond donors (Lipinski definition) is 1. The fourth-order valence-corrected chi connectivity index (χ4v) is 2.87. The van der Waals surface area contributed by atoms with Gasteiger partial charge < -0.3 is 10.1 Å². The second-order valence-corrected chi connectivity index (χ2v) is 7.17. The molecule has 0 unspecified atom stereocenters. The Morgan fingerprint density at radius 2 is 1.78 bits per heavy atom. The molecular weight excluding hydrogens is 426 g/mol. The normalized spacial score (nSPS) is 10.7. The SMILES string of the molecule is O=C(/C=C/c1ccc(OCc2ccc(Cl)cc2)cc1)Nc1cccc(Br)c1. The van der Waals surface area contributed by atoms with Crippen LogP contribution >= 0.6 is 27.5 Å². The van der Waals surface area contributed by atoms with E-state index in [0.717, 1.165) is 27.0 Å².